The number of hydrogen-bond donors (Lipinski definition) is 0. The van der Waals surface area contributed by atoms with Gasteiger partial charge in [-0.15, -0.1) is 0 Å². The third-order valence-corrected chi connectivity index (χ3v) is 4.75. The van der Waals surface area contributed by atoms with Crippen LogP contribution in [-0.4, -0.2) is 73.2 Å². The summed E-state index contributed by atoms with van der Waals surface area (Å²) in [5.74, 6) is 1.22. The van der Waals surface area contributed by atoms with E-state index in [-0.39, 0.29) is 6.10 Å². The average molecular weight is 300 g/mol. The molecule has 0 radical (unpaired) electrons. The Kier molecular flexibility index (Phi) is 7.17. The lowest BCUT2D eigenvalue weighted by Gasteiger charge is -2.31. The van der Waals surface area contributed by atoms with E-state index in [4.69, 9.17) is 4.74 Å². The van der Waals surface area contributed by atoms with E-state index >= 15 is 0 Å². The van der Waals surface area contributed by atoms with Crippen LogP contribution in [0.1, 0.15) is 32.1 Å². The minimum Gasteiger partial charge on any atom is -0.375 e. The summed E-state index contributed by atoms with van der Waals surface area (Å²) in [4.78, 5) is 16.7. The Morgan fingerprint density at radius 1 is 1.20 bits per heavy atom. The van der Waals surface area contributed by atoms with Gasteiger partial charge in [-0.25, -0.2) is 0 Å². The van der Waals surface area contributed by atoms with Gasteiger partial charge in [0.25, 0.3) is 0 Å². The molecule has 0 spiro atoms. The molecule has 4 nitrogen and oxygen atoms in total. The van der Waals surface area contributed by atoms with Crippen molar-refractivity contribution in [2.75, 3.05) is 51.3 Å². The molecule has 2 rings (SSSR count). The molecule has 5 heteroatoms. The lowest BCUT2D eigenvalue weighted by Crippen LogP contribution is -2.43. The highest BCUT2D eigenvalue weighted by molar-refractivity contribution is 7.98. The number of piperidine rings is 1. The van der Waals surface area contributed by atoms with Crippen molar-refractivity contribution in [1.82, 2.24) is 9.80 Å². The number of nitrogens with zero attached hydrogens (tertiary/aromatic N) is 2. The van der Waals surface area contributed by atoms with E-state index in [1.807, 2.05) is 4.90 Å². The van der Waals surface area contributed by atoms with Crippen molar-refractivity contribution < 1.29 is 9.53 Å². The molecule has 0 saturated carbocycles. The van der Waals surface area contributed by atoms with Gasteiger partial charge in [-0.1, -0.05) is 6.42 Å². The molecular formula is C15H28N2O2S. The molecule has 0 aromatic heterocycles. The summed E-state index contributed by atoms with van der Waals surface area (Å²) in [6.45, 7) is 5.82. The Hall–Kier alpha value is -0.260. The minimum atomic E-state index is 0.203. The maximum atomic E-state index is 12.2. The molecule has 2 heterocycles. The van der Waals surface area contributed by atoms with Gasteiger partial charge in [0, 0.05) is 38.4 Å². The highest BCUT2D eigenvalue weighted by Crippen LogP contribution is 2.13. The number of carbonyl (C=O) groups is 1. The minimum absolute atomic E-state index is 0.203. The molecule has 0 aromatic rings. The fourth-order valence-electron chi connectivity index (χ4n) is 3.01. The normalized spacial score (nSPS) is 25.4. The van der Waals surface area contributed by atoms with Crippen LogP contribution in [0, 0.1) is 0 Å². The standard InChI is InChI=1S/C15H28N2O2S/c1-20-11-6-15(18)17-9-5-10-19-14(13-17)12-16-7-3-2-4-8-16/h14H,2-13H2,1H3/t14-/m1/s1. The van der Waals surface area contributed by atoms with E-state index < -0.39 is 0 Å². The van der Waals surface area contributed by atoms with Crippen molar-refractivity contribution in [3.63, 3.8) is 0 Å². The number of ether oxygens (including phenoxy) is 1. The fraction of sp³-hybridized carbons (Fsp3) is 0.933. The summed E-state index contributed by atoms with van der Waals surface area (Å²) in [5, 5.41) is 0. The Bertz CT molecular complexity index is 296. The van der Waals surface area contributed by atoms with Crippen LogP contribution < -0.4 is 0 Å². The average Bonchev–Trinajstić information content (AvgIpc) is 2.71. The maximum absolute atomic E-state index is 12.2. The van der Waals surface area contributed by atoms with Crippen LogP contribution in [0.5, 0.6) is 0 Å². The first kappa shape index (κ1) is 16.1. The molecule has 2 fully saturated rings. The number of likely N-dealkylation sites (tertiary alicyclic amines) is 1. The zero-order valence-corrected chi connectivity index (χ0v) is 13.5. The van der Waals surface area contributed by atoms with Gasteiger partial charge in [0.05, 0.1) is 6.10 Å². The van der Waals surface area contributed by atoms with Gasteiger partial charge in [0.15, 0.2) is 0 Å². The Labute approximate surface area is 127 Å². The molecule has 0 aliphatic carbocycles. The number of amides is 1. The van der Waals surface area contributed by atoms with Crippen molar-refractivity contribution in [3.05, 3.63) is 0 Å². The molecular weight excluding hydrogens is 272 g/mol. The third kappa shape index (κ3) is 5.26. The molecule has 20 heavy (non-hydrogen) atoms. The molecule has 0 N–H and O–H groups in total. The molecule has 0 unspecified atom stereocenters. The van der Waals surface area contributed by atoms with Crippen molar-refractivity contribution in [2.24, 2.45) is 0 Å². The summed E-state index contributed by atoms with van der Waals surface area (Å²) in [7, 11) is 0. The number of hydrogen-bond acceptors (Lipinski definition) is 4. The molecule has 1 amide bonds. The first-order valence-electron chi connectivity index (χ1n) is 7.90. The maximum Gasteiger partial charge on any atom is 0.223 e. The molecule has 2 aliphatic rings. The lowest BCUT2D eigenvalue weighted by molar-refractivity contribution is -0.131. The van der Waals surface area contributed by atoms with Gasteiger partial charge >= 0.3 is 0 Å². The highest BCUT2D eigenvalue weighted by atomic mass is 32.2. The number of thioether (sulfide) groups is 1. The molecule has 116 valence electrons. The van der Waals surface area contributed by atoms with E-state index in [2.05, 4.69) is 11.2 Å². The second-order valence-electron chi connectivity index (χ2n) is 5.79. The fourth-order valence-corrected chi connectivity index (χ4v) is 3.39. The van der Waals surface area contributed by atoms with Crippen molar-refractivity contribution in [2.45, 2.75) is 38.2 Å². The van der Waals surface area contributed by atoms with Crippen LogP contribution in [-0.2, 0) is 9.53 Å². The SMILES string of the molecule is CSCCC(=O)N1CCCO[C@H](CN2CCCCC2)C1. The van der Waals surface area contributed by atoms with Gasteiger partial charge in [0.2, 0.25) is 5.91 Å². The predicted octanol–water partition coefficient (Wildman–Crippen LogP) is 1.84. The summed E-state index contributed by atoms with van der Waals surface area (Å²) in [5.41, 5.74) is 0. The Balaban J connectivity index is 1.81. The topological polar surface area (TPSA) is 32.8 Å². The van der Waals surface area contributed by atoms with Gasteiger partial charge in [-0.05, 0) is 38.6 Å². The van der Waals surface area contributed by atoms with Crippen molar-refractivity contribution >= 4 is 17.7 Å². The lowest BCUT2D eigenvalue weighted by atomic mass is 10.1. The molecule has 0 bridgehead atoms. The van der Waals surface area contributed by atoms with Gasteiger partial charge in [0.1, 0.15) is 0 Å². The summed E-state index contributed by atoms with van der Waals surface area (Å²) >= 11 is 1.74. The molecule has 1 atom stereocenters. The van der Waals surface area contributed by atoms with Crippen molar-refractivity contribution in [3.8, 4) is 0 Å². The van der Waals surface area contributed by atoms with Crippen LogP contribution in [0.15, 0.2) is 0 Å². The van der Waals surface area contributed by atoms with Gasteiger partial charge in [-0.2, -0.15) is 11.8 Å². The largest absolute Gasteiger partial charge is 0.375 e. The van der Waals surface area contributed by atoms with E-state index in [0.717, 1.165) is 38.4 Å². The highest BCUT2D eigenvalue weighted by Gasteiger charge is 2.24. The van der Waals surface area contributed by atoms with Crippen LogP contribution in [0.3, 0.4) is 0 Å². The summed E-state index contributed by atoms with van der Waals surface area (Å²) in [6.07, 6.45) is 7.87. The van der Waals surface area contributed by atoms with Crippen LogP contribution in [0.4, 0.5) is 0 Å². The van der Waals surface area contributed by atoms with Crippen LogP contribution in [0.2, 0.25) is 0 Å². The van der Waals surface area contributed by atoms with E-state index in [1.165, 1.54) is 32.4 Å². The Morgan fingerprint density at radius 2 is 2.00 bits per heavy atom. The van der Waals surface area contributed by atoms with E-state index in [0.29, 0.717) is 12.3 Å². The molecule has 2 aliphatic heterocycles. The second-order valence-corrected chi connectivity index (χ2v) is 6.78. The molecule has 2 saturated heterocycles. The van der Waals surface area contributed by atoms with E-state index in [1.54, 1.807) is 11.8 Å². The van der Waals surface area contributed by atoms with Crippen molar-refractivity contribution in [1.29, 1.82) is 0 Å². The number of carbonyl (C=O) groups excluding carboxylic acids is 1. The third-order valence-electron chi connectivity index (χ3n) is 4.13. The molecule has 0 aromatic carbocycles. The van der Waals surface area contributed by atoms with E-state index in [9.17, 15) is 4.79 Å². The Morgan fingerprint density at radius 3 is 2.75 bits per heavy atom. The smallest absolute Gasteiger partial charge is 0.223 e. The first-order valence-corrected chi connectivity index (χ1v) is 9.29. The predicted molar refractivity (Wildman–Crippen MR) is 84.2 cm³/mol. The monoisotopic (exact) mass is 300 g/mol. The van der Waals surface area contributed by atoms with Gasteiger partial charge < -0.3 is 14.5 Å². The summed E-state index contributed by atoms with van der Waals surface area (Å²) in [6, 6.07) is 0. The second kappa shape index (κ2) is 8.90. The zero-order chi connectivity index (χ0) is 14.2. The zero-order valence-electron chi connectivity index (χ0n) is 12.7. The number of rotatable bonds is 5. The van der Waals surface area contributed by atoms with Crippen LogP contribution >= 0.6 is 11.8 Å². The quantitative estimate of drug-likeness (QED) is 0.776. The van der Waals surface area contributed by atoms with Crippen LogP contribution in [0.25, 0.3) is 0 Å². The first-order chi connectivity index (χ1) is 9.79. The summed E-state index contributed by atoms with van der Waals surface area (Å²) < 4.78 is 5.95. The van der Waals surface area contributed by atoms with Gasteiger partial charge in [-0.3, -0.25) is 4.79 Å².